The van der Waals surface area contributed by atoms with Crippen LogP contribution in [0.2, 0.25) is 0 Å². The van der Waals surface area contributed by atoms with Crippen LogP contribution in [0.3, 0.4) is 0 Å². The van der Waals surface area contributed by atoms with Gasteiger partial charge in [-0.2, -0.15) is 0 Å². The van der Waals surface area contributed by atoms with E-state index in [4.69, 9.17) is 14.2 Å². The number of ketones is 1. The highest BCUT2D eigenvalue weighted by Crippen LogP contribution is 2.42. The number of aliphatic hydroxyl groups is 1. The molecule has 35 heavy (non-hydrogen) atoms. The van der Waals surface area contributed by atoms with Crippen LogP contribution in [0.4, 0.5) is 0 Å². The summed E-state index contributed by atoms with van der Waals surface area (Å²) in [7, 11) is 1.56. The summed E-state index contributed by atoms with van der Waals surface area (Å²) in [6, 6.07) is 8.19. The number of rotatable bonds is 11. The average Bonchev–Trinajstić information content (AvgIpc) is 3.51. The Bertz CT molecular complexity index is 1060. The van der Waals surface area contributed by atoms with Gasteiger partial charge in [-0.1, -0.05) is 25.5 Å². The third-order valence-corrected chi connectivity index (χ3v) is 7.18. The maximum Gasteiger partial charge on any atom is 0.290 e. The molecule has 1 fully saturated rings. The molecule has 0 radical (unpaired) electrons. The lowest BCUT2D eigenvalue weighted by Crippen LogP contribution is -2.43. The zero-order valence-electron chi connectivity index (χ0n) is 20.2. The number of nitrogens with zero attached hydrogens (tertiary/aromatic N) is 2. The molecule has 2 aliphatic heterocycles. The van der Waals surface area contributed by atoms with E-state index in [9.17, 15) is 14.7 Å². The Morgan fingerprint density at radius 1 is 1.20 bits per heavy atom. The number of aliphatic hydroxyl groups excluding tert-OH is 1. The minimum Gasteiger partial charge on any atom is -0.503 e. The molecule has 4 rings (SSSR count). The van der Waals surface area contributed by atoms with E-state index in [0.29, 0.717) is 54.8 Å². The molecule has 2 aliphatic rings. The van der Waals surface area contributed by atoms with Crippen LogP contribution in [0.15, 0.2) is 47.0 Å². The van der Waals surface area contributed by atoms with Crippen molar-refractivity contribution in [3.63, 3.8) is 0 Å². The van der Waals surface area contributed by atoms with E-state index >= 15 is 0 Å². The van der Waals surface area contributed by atoms with Crippen molar-refractivity contribution in [1.82, 2.24) is 9.80 Å². The predicted molar refractivity (Wildman–Crippen MR) is 133 cm³/mol. The smallest absolute Gasteiger partial charge is 0.290 e. The van der Waals surface area contributed by atoms with Crippen LogP contribution < -0.4 is 9.47 Å². The highest BCUT2D eigenvalue weighted by molar-refractivity contribution is 7.12. The SMILES string of the molecule is CCCCOc1ccc(C2C(C(=O)c3cccs3)=C(O)C(=O)N2CCN2CCOCC2)cc1OC. The second-order valence-electron chi connectivity index (χ2n) is 8.54. The van der Waals surface area contributed by atoms with Crippen LogP contribution >= 0.6 is 11.3 Å². The molecule has 1 atom stereocenters. The largest absolute Gasteiger partial charge is 0.503 e. The van der Waals surface area contributed by atoms with Gasteiger partial charge in [0.15, 0.2) is 17.3 Å². The number of hydrogen-bond acceptors (Lipinski definition) is 8. The summed E-state index contributed by atoms with van der Waals surface area (Å²) in [4.78, 5) is 30.9. The standard InChI is InChI=1S/C26H32N2O6S/c1-3-4-13-34-19-8-7-18(17-20(19)32-2)23-22(24(29)21-6-5-16-35-21)25(30)26(31)28(23)10-9-27-11-14-33-15-12-27/h5-8,16-17,23,30H,3-4,9-15H2,1-2H3. The number of Topliss-reactive ketones (excluding diaryl/α,β-unsaturated/α-hetero) is 1. The van der Waals surface area contributed by atoms with Crippen molar-refractivity contribution in [2.24, 2.45) is 0 Å². The molecule has 1 saturated heterocycles. The number of methoxy groups -OCH3 is 1. The molecule has 1 N–H and O–H groups in total. The summed E-state index contributed by atoms with van der Waals surface area (Å²) in [6.45, 7) is 6.52. The van der Waals surface area contributed by atoms with Gasteiger partial charge in [0.2, 0.25) is 5.78 Å². The Labute approximate surface area is 209 Å². The number of hydrogen-bond donors (Lipinski definition) is 1. The Balaban J connectivity index is 1.67. The van der Waals surface area contributed by atoms with Crippen molar-refractivity contribution < 1.29 is 28.9 Å². The molecule has 1 amide bonds. The van der Waals surface area contributed by atoms with E-state index in [0.717, 1.165) is 25.9 Å². The lowest BCUT2D eigenvalue weighted by molar-refractivity contribution is -0.129. The number of carbonyl (C=O) groups excluding carboxylic acids is 2. The van der Waals surface area contributed by atoms with Crippen molar-refractivity contribution in [3.8, 4) is 11.5 Å². The maximum absolute atomic E-state index is 13.4. The van der Waals surface area contributed by atoms with Crippen molar-refractivity contribution in [2.75, 3.05) is 53.1 Å². The number of carbonyl (C=O) groups is 2. The lowest BCUT2D eigenvalue weighted by atomic mass is 9.95. The van der Waals surface area contributed by atoms with Crippen LogP contribution in [0.25, 0.3) is 0 Å². The minimum atomic E-state index is -0.725. The summed E-state index contributed by atoms with van der Waals surface area (Å²) in [5.41, 5.74) is 0.783. The van der Waals surface area contributed by atoms with Gasteiger partial charge in [0.1, 0.15) is 0 Å². The number of ether oxygens (including phenoxy) is 3. The maximum atomic E-state index is 13.4. The van der Waals surface area contributed by atoms with Gasteiger partial charge >= 0.3 is 0 Å². The van der Waals surface area contributed by atoms with Crippen LogP contribution in [0, 0.1) is 0 Å². The zero-order valence-corrected chi connectivity index (χ0v) is 21.0. The highest BCUT2D eigenvalue weighted by atomic mass is 32.1. The van der Waals surface area contributed by atoms with Gasteiger partial charge in [0.05, 0.1) is 43.4 Å². The molecule has 1 aromatic heterocycles. The molecule has 1 aromatic carbocycles. The van der Waals surface area contributed by atoms with Gasteiger partial charge in [0.25, 0.3) is 5.91 Å². The average molecular weight is 501 g/mol. The zero-order chi connectivity index (χ0) is 24.8. The topological polar surface area (TPSA) is 88.5 Å². The van der Waals surface area contributed by atoms with Gasteiger partial charge in [-0.25, -0.2) is 0 Å². The van der Waals surface area contributed by atoms with Gasteiger partial charge in [-0.05, 0) is 35.6 Å². The molecule has 0 saturated carbocycles. The van der Waals surface area contributed by atoms with Gasteiger partial charge in [0, 0.05) is 26.2 Å². The Morgan fingerprint density at radius 3 is 2.69 bits per heavy atom. The molecule has 8 nitrogen and oxygen atoms in total. The van der Waals surface area contributed by atoms with Crippen LogP contribution in [-0.2, 0) is 9.53 Å². The molecule has 1 unspecified atom stereocenters. The number of amides is 1. The van der Waals surface area contributed by atoms with E-state index in [2.05, 4.69) is 11.8 Å². The van der Waals surface area contributed by atoms with E-state index in [-0.39, 0.29) is 11.4 Å². The van der Waals surface area contributed by atoms with Crippen molar-refractivity contribution >= 4 is 23.0 Å². The van der Waals surface area contributed by atoms with Crippen molar-refractivity contribution in [1.29, 1.82) is 0 Å². The first-order valence-corrected chi connectivity index (χ1v) is 12.9. The van der Waals surface area contributed by atoms with Crippen molar-refractivity contribution in [3.05, 3.63) is 57.5 Å². The molecule has 0 spiro atoms. The summed E-state index contributed by atoms with van der Waals surface area (Å²) in [5.74, 6) is -0.239. The first-order chi connectivity index (χ1) is 17.0. The fourth-order valence-corrected chi connectivity index (χ4v) is 5.06. The van der Waals surface area contributed by atoms with Crippen LogP contribution in [0.1, 0.15) is 41.0 Å². The van der Waals surface area contributed by atoms with E-state index < -0.39 is 17.7 Å². The molecular formula is C26H32N2O6S. The van der Waals surface area contributed by atoms with E-state index in [1.807, 2.05) is 6.07 Å². The number of unbranched alkanes of at least 4 members (excludes halogenated alkanes) is 1. The molecule has 0 aliphatic carbocycles. The van der Waals surface area contributed by atoms with Crippen LogP contribution in [0.5, 0.6) is 11.5 Å². The van der Waals surface area contributed by atoms with Crippen molar-refractivity contribution in [2.45, 2.75) is 25.8 Å². The summed E-state index contributed by atoms with van der Waals surface area (Å²) < 4.78 is 16.9. The molecule has 188 valence electrons. The normalized spacial score (nSPS) is 18.9. The summed E-state index contributed by atoms with van der Waals surface area (Å²) in [5, 5.41) is 12.7. The molecular weight excluding hydrogens is 468 g/mol. The molecule has 3 heterocycles. The van der Waals surface area contributed by atoms with E-state index in [1.165, 1.54) is 11.3 Å². The van der Waals surface area contributed by atoms with Gasteiger partial charge in [-0.15, -0.1) is 11.3 Å². The van der Waals surface area contributed by atoms with Crippen LogP contribution in [-0.4, -0.2) is 79.7 Å². The number of morpholine rings is 1. The number of benzene rings is 1. The highest BCUT2D eigenvalue weighted by Gasteiger charge is 2.44. The first kappa shape index (κ1) is 25.2. The fraction of sp³-hybridized carbons (Fsp3) is 0.462. The summed E-state index contributed by atoms with van der Waals surface area (Å²) in [6.07, 6.45) is 1.94. The monoisotopic (exact) mass is 500 g/mol. The third kappa shape index (κ3) is 5.52. The molecule has 2 aromatic rings. The fourth-order valence-electron chi connectivity index (χ4n) is 4.38. The third-order valence-electron chi connectivity index (χ3n) is 6.31. The predicted octanol–water partition coefficient (Wildman–Crippen LogP) is 3.85. The minimum absolute atomic E-state index is 0.0983. The van der Waals surface area contributed by atoms with Gasteiger partial charge in [-0.3, -0.25) is 14.5 Å². The quantitative estimate of drug-likeness (QED) is 0.370. The molecule has 9 heteroatoms. The van der Waals surface area contributed by atoms with Gasteiger partial charge < -0.3 is 24.2 Å². The van der Waals surface area contributed by atoms with E-state index in [1.54, 1.807) is 41.7 Å². The first-order valence-electron chi connectivity index (χ1n) is 12.0. The Kier molecular flexibility index (Phi) is 8.43. The second-order valence-corrected chi connectivity index (χ2v) is 9.48. The molecule has 0 bridgehead atoms. The summed E-state index contributed by atoms with van der Waals surface area (Å²) >= 11 is 1.29. The lowest BCUT2D eigenvalue weighted by Gasteiger charge is -2.32. The second kappa shape index (κ2) is 11.7. The Morgan fingerprint density at radius 2 is 2.00 bits per heavy atom. The number of thiophene rings is 1. The Hall–Kier alpha value is -2.88.